The molecule has 0 fully saturated rings. The lowest BCUT2D eigenvalue weighted by Gasteiger charge is -2.08. The number of alkyl halides is 1. The Morgan fingerprint density at radius 3 is 3.05 bits per heavy atom. The quantitative estimate of drug-likeness (QED) is 0.629. The summed E-state index contributed by atoms with van der Waals surface area (Å²) in [6, 6.07) is 4.37. The zero-order valence-corrected chi connectivity index (χ0v) is 12.5. The smallest absolute Gasteiger partial charge is 0.221 e. The fourth-order valence-corrected chi connectivity index (χ4v) is 2.30. The van der Waals surface area contributed by atoms with Gasteiger partial charge < -0.3 is 14.6 Å². The Hall–Kier alpha value is -1.66. The highest BCUT2D eigenvalue weighted by atomic mass is 35.5. The van der Waals surface area contributed by atoms with Crippen LogP contribution >= 0.6 is 11.6 Å². The first-order valence-electron chi connectivity index (χ1n) is 6.62. The molecule has 0 saturated heterocycles. The number of benzene rings is 1. The Bertz CT molecular complexity index is 630. The van der Waals surface area contributed by atoms with Gasteiger partial charge in [-0.2, -0.15) is 0 Å². The van der Waals surface area contributed by atoms with Crippen LogP contribution in [-0.4, -0.2) is 35.7 Å². The summed E-state index contributed by atoms with van der Waals surface area (Å²) in [5.41, 5.74) is 1.32. The van der Waals surface area contributed by atoms with Gasteiger partial charge in [0.15, 0.2) is 0 Å². The second kappa shape index (κ2) is 7.38. The second-order valence-electron chi connectivity index (χ2n) is 4.54. The fourth-order valence-electron chi connectivity index (χ4n) is 2.09. The molecule has 2 rings (SSSR count). The molecule has 2 aromatic rings. The van der Waals surface area contributed by atoms with Crippen molar-refractivity contribution in [1.29, 1.82) is 0 Å². The van der Waals surface area contributed by atoms with Crippen molar-refractivity contribution in [3.8, 4) is 0 Å². The number of carbonyl (C=O) groups excluding carboxylic acids is 1. The van der Waals surface area contributed by atoms with Gasteiger partial charge in [-0.15, -0.1) is 11.6 Å². The number of halogens is 2. The number of amides is 1. The van der Waals surface area contributed by atoms with E-state index in [9.17, 15) is 9.18 Å². The van der Waals surface area contributed by atoms with E-state index in [-0.39, 0.29) is 24.0 Å². The molecule has 114 valence electrons. The molecule has 1 aromatic heterocycles. The largest absolute Gasteiger partial charge is 0.383 e. The Labute approximate surface area is 127 Å². The number of aryl methyl sites for hydroxylation is 1. The van der Waals surface area contributed by atoms with Crippen LogP contribution in [0.15, 0.2) is 18.2 Å². The summed E-state index contributed by atoms with van der Waals surface area (Å²) in [5, 5.41) is 2.74. The number of methoxy groups -OCH3 is 1. The normalized spacial score (nSPS) is 11.0. The molecular formula is C14H17ClFN3O2. The average molecular weight is 314 g/mol. The molecule has 0 radical (unpaired) electrons. The number of aromatic nitrogens is 2. The molecule has 1 aromatic carbocycles. The SMILES string of the molecule is COCCNC(=O)CCn1c(CCl)nc2ccc(F)cc21. The summed E-state index contributed by atoms with van der Waals surface area (Å²) in [5.74, 6) is 0.406. The van der Waals surface area contributed by atoms with Gasteiger partial charge in [-0.3, -0.25) is 4.79 Å². The predicted molar refractivity (Wildman–Crippen MR) is 78.8 cm³/mol. The summed E-state index contributed by atoms with van der Waals surface area (Å²) in [7, 11) is 1.57. The van der Waals surface area contributed by atoms with Crippen LogP contribution in [0.2, 0.25) is 0 Å². The van der Waals surface area contributed by atoms with Crippen LogP contribution in [0.4, 0.5) is 4.39 Å². The van der Waals surface area contributed by atoms with Crippen LogP contribution in [0, 0.1) is 5.82 Å². The van der Waals surface area contributed by atoms with E-state index in [1.54, 1.807) is 17.7 Å². The molecule has 0 aliphatic heterocycles. The van der Waals surface area contributed by atoms with Crippen LogP contribution in [0.5, 0.6) is 0 Å². The van der Waals surface area contributed by atoms with Crippen LogP contribution < -0.4 is 5.32 Å². The average Bonchev–Trinajstić information content (AvgIpc) is 2.82. The Kier molecular flexibility index (Phi) is 5.52. The van der Waals surface area contributed by atoms with Crippen molar-refractivity contribution in [2.75, 3.05) is 20.3 Å². The maximum absolute atomic E-state index is 13.4. The third-order valence-corrected chi connectivity index (χ3v) is 3.34. The van der Waals surface area contributed by atoms with E-state index in [1.807, 2.05) is 0 Å². The third-order valence-electron chi connectivity index (χ3n) is 3.10. The van der Waals surface area contributed by atoms with Crippen LogP contribution in [0.3, 0.4) is 0 Å². The maximum atomic E-state index is 13.4. The maximum Gasteiger partial charge on any atom is 0.221 e. The molecule has 0 atom stereocenters. The minimum absolute atomic E-state index is 0.0918. The molecular weight excluding hydrogens is 297 g/mol. The summed E-state index contributed by atoms with van der Waals surface area (Å²) in [4.78, 5) is 16.0. The highest BCUT2D eigenvalue weighted by Gasteiger charge is 2.12. The summed E-state index contributed by atoms with van der Waals surface area (Å²) >= 11 is 5.87. The van der Waals surface area contributed by atoms with Crippen molar-refractivity contribution >= 4 is 28.5 Å². The molecule has 0 bridgehead atoms. The van der Waals surface area contributed by atoms with E-state index >= 15 is 0 Å². The van der Waals surface area contributed by atoms with E-state index in [4.69, 9.17) is 16.3 Å². The zero-order valence-electron chi connectivity index (χ0n) is 11.7. The first-order valence-corrected chi connectivity index (χ1v) is 7.15. The number of fused-ring (bicyclic) bond motifs is 1. The van der Waals surface area contributed by atoms with Crippen LogP contribution in [-0.2, 0) is 22.0 Å². The molecule has 1 amide bonds. The van der Waals surface area contributed by atoms with Gasteiger partial charge in [-0.25, -0.2) is 9.37 Å². The molecule has 0 unspecified atom stereocenters. The number of hydrogen-bond acceptors (Lipinski definition) is 3. The topological polar surface area (TPSA) is 56.1 Å². The minimum Gasteiger partial charge on any atom is -0.383 e. The van der Waals surface area contributed by atoms with Gasteiger partial charge in [-0.1, -0.05) is 0 Å². The summed E-state index contributed by atoms with van der Waals surface area (Å²) in [6.07, 6.45) is 0.273. The van der Waals surface area contributed by atoms with Crippen molar-refractivity contribution in [2.24, 2.45) is 0 Å². The van der Waals surface area contributed by atoms with E-state index in [0.29, 0.717) is 36.6 Å². The molecule has 0 aliphatic carbocycles. The second-order valence-corrected chi connectivity index (χ2v) is 4.81. The molecule has 0 saturated carbocycles. The van der Waals surface area contributed by atoms with Gasteiger partial charge in [0.05, 0.1) is 23.5 Å². The Balaban J connectivity index is 2.10. The van der Waals surface area contributed by atoms with Gasteiger partial charge in [0.1, 0.15) is 11.6 Å². The fraction of sp³-hybridized carbons (Fsp3) is 0.429. The number of imidazole rings is 1. The number of hydrogen-bond donors (Lipinski definition) is 1. The number of nitrogens with zero attached hydrogens (tertiary/aromatic N) is 2. The number of nitrogens with one attached hydrogen (secondary N) is 1. The molecule has 21 heavy (non-hydrogen) atoms. The van der Waals surface area contributed by atoms with Crippen molar-refractivity contribution in [1.82, 2.24) is 14.9 Å². The van der Waals surface area contributed by atoms with E-state index < -0.39 is 0 Å². The van der Waals surface area contributed by atoms with Crippen molar-refractivity contribution < 1.29 is 13.9 Å². The summed E-state index contributed by atoms with van der Waals surface area (Å²) < 4.78 is 20.0. The number of rotatable bonds is 7. The predicted octanol–water partition coefficient (Wildman–Crippen LogP) is 2.07. The number of ether oxygens (including phenoxy) is 1. The van der Waals surface area contributed by atoms with Gasteiger partial charge in [0.2, 0.25) is 5.91 Å². The molecule has 1 N–H and O–H groups in total. The van der Waals surface area contributed by atoms with Gasteiger partial charge in [-0.05, 0) is 18.2 Å². The monoisotopic (exact) mass is 313 g/mol. The Morgan fingerprint density at radius 1 is 1.52 bits per heavy atom. The first kappa shape index (κ1) is 15.7. The highest BCUT2D eigenvalue weighted by molar-refractivity contribution is 6.16. The van der Waals surface area contributed by atoms with E-state index in [1.165, 1.54) is 12.1 Å². The van der Waals surface area contributed by atoms with Crippen molar-refractivity contribution in [2.45, 2.75) is 18.8 Å². The lowest BCUT2D eigenvalue weighted by molar-refractivity contribution is -0.121. The lowest BCUT2D eigenvalue weighted by atomic mass is 10.3. The molecule has 1 heterocycles. The van der Waals surface area contributed by atoms with Crippen molar-refractivity contribution in [3.63, 3.8) is 0 Å². The molecule has 0 spiro atoms. The zero-order chi connectivity index (χ0) is 15.2. The van der Waals surface area contributed by atoms with Gasteiger partial charge in [0, 0.05) is 26.6 Å². The minimum atomic E-state index is -0.339. The van der Waals surface area contributed by atoms with E-state index in [2.05, 4.69) is 10.3 Å². The van der Waals surface area contributed by atoms with Gasteiger partial charge >= 0.3 is 0 Å². The third kappa shape index (κ3) is 3.92. The van der Waals surface area contributed by atoms with Crippen molar-refractivity contribution in [3.05, 3.63) is 29.8 Å². The highest BCUT2D eigenvalue weighted by Crippen LogP contribution is 2.19. The summed E-state index contributed by atoms with van der Waals surface area (Å²) in [6.45, 7) is 1.34. The number of carbonyl (C=O) groups is 1. The van der Waals surface area contributed by atoms with E-state index in [0.717, 1.165) is 0 Å². The first-order chi connectivity index (χ1) is 10.2. The molecule has 7 heteroatoms. The Morgan fingerprint density at radius 2 is 2.33 bits per heavy atom. The molecule has 5 nitrogen and oxygen atoms in total. The standard InChI is InChI=1S/C14H17ClFN3O2/c1-21-7-5-17-14(20)4-6-19-12-8-10(16)2-3-11(12)18-13(19)9-15/h2-3,8H,4-7,9H2,1H3,(H,17,20). The molecule has 0 aliphatic rings. The van der Waals surface area contributed by atoms with Crippen LogP contribution in [0.1, 0.15) is 12.2 Å². The van der Waals surface area contributed by atoms with Gasteiger partial charge in [0.25, 0.3) is 0 Å². The van der Waals surface area contributed by atoms with Crippen LogP contribution in [0.25, 0.3) is 11.0 Å². The lowest BCUT2D eigenvalue weighted by Crippen LogP contribution is -2.27.